The minimum absolute atomic E-state index is 0.0885. The number of aryl methyl sites for hydroxylation is 1. The number of carboxylic acid groups (broad SMARTS) is 1. The van der Waals surface area contributed by atoms with Gasteiger partial charge in [-0.25, -0.2) is 0 Å². The molecular formula is C16H21N3O4S. The molecule has 0 saturated carbocycles. The average molecular weight is 351 g/mol. The summed E-state index contributed by atoms with van der Waals surface area (Å²) in [5, 5.41) is 17.7. The molecule has 2 heterocycles. The number of aliphatic carboxylic acids is 1. The SMILES string of the molecule is CCC(CC)(CC(=O)O)NC(=O)CCc1nc(-c2cccs2)no1. The second-order valence-corrected chi connectivity index (χ2v) is 6.54. The Morgan fingerprint density at radius 2 is 2.12 bits per heavy atom. The maximum atomic E-state index is 12.2. The van der Waals surface area contributed by atoms with Gasteiger partial charge < -0.3 is 14.9 Å². The van der Waals surface area contributed by atoms with Crippen molar-refractivity contribution < 1.29 is 19.2 Å². The number of hydrogen-bond acceptors (Lipinski definition) is 6. The first-order valence-corrected chi connectivity index (χ1v) is 8.75. The van der Waals surface area contributed by atoms with Crippen molar-refractivity contribution in [3.63, 3.8) is 0 Å². The number of hydrogen-bond donors (Lipinski definition) is 2. The van der Waals surface area contributed by atoms with Crippen molar-refractivity contribution in [2.75, 3.05) is 0 Å². The number of rotatable bonds is 9. The van der Waals surface area contributed by atoms with Gasteiger partial charge in [-0.2, -0.15) is 4.98 Å². The van der Waals surface area contributed by atoms with Gasteiger partial charge in [0.15, 0.2) is 0 Å². The fraction of sp³-hybridized carbons (Fsp3) is 0.500. The van der Waals surface area contributed by atoms with Crippen molar-refractivity contribution in [1.82, 2.24) is 15.5 Å². The molecule has 0 bridgehead atoms. The number of carboxylic acids is 1. The standard InChI is InChI=1S/C16H21N3O4S/c1-3-16(4-2,10-14(21)22)18-12(20)7-8-13-17-15(19-23-13)11-6-5-9-24-11/h5-6,9H,3-4,7-8,10H2,1-2H3,(H,18,20)(H,21,22). The summed E-state index contributed by atoms with van der Waals surface area (Å²) in [6.45, 7) is 3.75. The summed E-state index contributed by atoms with van der Waals surface area (Å²) < 4.78 is 5.16. The van der Waals surface area contributed by atoms with Crippen LogP contribution in [0.5, 0.6) is 0 Å². The van der Waals surface area contributed by atoms with E-state index in [0.29, 0.717) is 31.0 Å². The molecule has 8 heteroatoms. The number of nitrogens with one attached hydrogen (secondary N) is 1. The normalized spacial score (nSPS) is 11.4. The molecule has 0 aliphatic carbocycles. The van der Waals surface area contributed by atoms with E-state index in [0.717, 1.165) is 4.88 Å². The maximum absolute atomic E-state index is 12.2. The fourth-order valence-electron chi connectivity index (χ4n) is 2.45. The first-order chi connectivity index (χ1) is 11.5. The van der Waals surface area contributed by atoms with Crippen LogP contribution in [0.25, 0.3) is 10.7 Å². The summed E-state index contributed by atoms with van der Waals surface area (Å²) in [7, 11) is 0. The highest BCUT2D eigenvalue weighted by Gasteiger charge is 2.30. The van der Waals surface area contributed by atoms with E-state index in [1.54, 1.807) is 0 Å². The molecule has 0 unspecified atom stereocenters. The summed E-state index contributed by atoms with van der Waals surface area (Å²) in [6.07, 6.45) is 1.53. The molecule has 0 atom stereocenters. The molecule has 2 aromatic rings. The molecule has 0 spiro atoms. The molecule has 130 valence electrons. The van der Waals surface area contributed by atoms with E-state index >= 15 is 0 Å². The lowest BCUT2D eigenvalue weighted by Gasteiger charge is -2.31. The minimum atomic E-state index is -0.920. The molecule has 0 fully saturated rings. The molecular weight excluding hydrogens is 330 g/mol. The number of aromatic nitrogens is 2. The largest absolute Gasteiger partial charge is 0.481 e. The molecule has 2 N–H and O–H groups in total. The Morgan fingerprint density at radius 1 is 1.38 bits per heavy atom. The highest BCUT2D eigenvalue weighted by molar-refractivity contribution is 7.13. The zero-order valence-corrected chi connectivity index (χ0v) is 14.6. The van der Waals surface area contributed by atoms with E-state index in [9.17, 15) is 9.59 Å². The first-order valence-electron chi connectivity index (χ1n) is 7.87. The highest BCUT2D eigenvalue weighted by atomic mass is 32.1. The topological polar surface area (TPSA) is 105 Å². The number of carbonyl (C=O) groups is 2. The van der Waals surface area contributed by atoms with Gasteiger partial charge in [0.2, 0.25) is 17.6 Å². The molecule has 1 amide bonds. The Balaban J connectivity index is 1.91. The predicted octanol–water partition coefficient (Wildman–Crippen LogP) is 2.88. The van der Waals surface area contributed by atoms with Crippen molar-refractivity contribution >= 4 is 23.2 Å². The average Bonchev–Trinajstić information content (AvgIpc) is 3.22. The minimum Gasteiger partial charge on any atom is -0.481 e. The van der Waals surface area contributed by atoms with Crippen molar-refractivity contribution in [2.24, 2.45) is 0 Å². The van der Waals surface area contributed by atoms with E-state index in [1.165, 1.54) is 11.3 Å². The van der Waals surface area contributed by atoms with Crippen LogP contribution in [0.3, 0.4) is 0 Å². The smallest absolute Gasteiger partial charge is 0.305 e. The second kappa shape index (κ2) is 8.05. The van der Waals surface area contributed by atoms with Crippen molar-refractivity contribution in [1.29, 1.82) is 0 Å². The third-order valence-electron chi connectivity index (χ3n) is 4.02. The summed E-state index contributed by atoms with van der Waals surface area (Å²) in [5.41, 5.74) is -0.708. The van der Waals surface area contributed by atoms with Crippen LogP contribution in [-0.4, -0.2) is 32.7 Å². The molecule has 0 aliphatic heterocycles. The fourth-order valence-corrected chi connectivity index (χ4v) is 3.10. The Morgan fingerprint density at radius 3 is 2.71 bits per heavy atom. The van der Waals surface area contributed by atoms with Gasteiger partial charge in [0.1, 0.15) is 0 Å². The van der Waals surface area contributed by atoms with Crippen LogP contribution in [0.4, 0.5) is 0 Å². The van der Waals surface area contributed by atoms with Gasteiger partial charge >= 0.3 is 5.97 Å². The Hall–Kier alpha value is -2.22. The lowest BCUT2D eigenvalue weighted by Crippen LogP contribution is -2.49. The van der Waals surface area contributed by atoms with Crippen LogP contribution < -0.4 is 5.32 Å². The van der Waals surface area contributed by atoms with Gasteiger partial charge in [-0.05, 0) is 24.3 Å². The van der Waals surface area contributed by atoms with Crippen molar-refractivity contribution in [3.05, 3.63) is 23.4 Å². The van der Waals surface area contributed by atoms with Crippen LogP contribution in [0, 0.1) is 0 Å². The number of nitrogens with zero attached hydrogens (tertiary/aromatic N) is 2. The van der Waals surface area contributed by atoms with E-state index in [2.05, 4.69) is 15.5 Å². The van der Waals surface area contributed by atoms with Gasteiger partial charge in [0.25, 0.3) is 0 Å². The van der Waals surface area contributed by atoms with Gasteiger partial charge in [-0.15, -0.1) is 11.3 Å². The molecule has 2 rings (SSSR count). The molecule has 2 aromatic heterocycles. The summed E-state index contributed by atoms with van der Waals surface area (Å²) in [5.74, 6) is -0.222. The summed E-state index contributed by atoms with van der Waals surface area (Å²) in [6, 6.07) is 3.80. The van der Waals surface area contributed by atoms with E-state index in [-0.39, 0.29) is 18.7 Å². The predicted molar refractivity (Wildman–Crippen MR) is 89.6 cm³/mol. The zero-order chi connectivity index (χ0) is 17.6. The van der Waals surface area contributed by atoms with Crippen LogP contribution in [0.15, 0.2) is 22.0 Å². The Bertz CT molecular complexity index is 677. The highest BCUT2D eigenvalue weighted by Crippen LogP contribution is 2.22. The van der Waals surface area contributed by atoms with Crippen molar-refractivity contribution in [2.45, 2.75) is 51.5 Å². The van der Waals surface area contributed by atoms with Crippen molar-refractivity contribution in [3.8, 4) is 10.7 Å². The van der Waals surface area contributed by atoms with Gasteiger partial charge in [0, 0.05) is 18.4 Å². The molecule has 0 aromatic carbocycles. The van der Waals surface area contributed by atoms with Crippen LogP contribution >= 0.6 is 11.3 Å². The number of carbonyl (C=O) groups excluding carboxylic acids is 1. The second-order valence-electron chi connectivity index (χ2n) is 5.60. The third kappa shape index (κ3) is 4.64. The quantitative estimate of drug-likeness (QED) is 0.719. The monoisotopic (exact) mass is 351 g/mol. The molecule has 0 aliphatic rings. The first kappa shape index (κ1) is 18.1. The molecule has 7 nitrogen and oxygen atoms in total. The Labute approximate surface area is 144 Å². The summed E-state index contributed by atoms with van der Waals surface area (Å²) in [4.78, 5) is 28.4. The van der Waals surface area contributed by atoms with E-state index < -0.39 is 11.5 Å². The lowest BCUT2D eigenvalue weighted by molar-refractivity contribution is -0.139. The molecule has 0 saturated heterocycles. The lowest BCUT2D eigenvalue weighted by atomic mass is 9.88. The van der Waals surface area contributed by atoms with E-state index in [1.807, 2.05) is 31.4 Å². The molecule has 0 radical (unpaired) electrons. The van der Waals surface area contributed by atoms with Gasteiger partial charge in [-0.1, -0.05) is 25.1 Å². The van der Waals surface area contributed by atoms with Crippen LogP contribution in [0.2, 0.25) is 0 Å². The van der Waals surface area contributed by atoms with Gasteiger partial charge in [0.05, 0.1) is 11.3 Å². The zero-order valence-electron chi connectivity index (χ0n) is 13.7. The maximum Gasteiger partial charge on any atom is 0.305 e. The molecule has 24 heavy (non-hydrogen) atoms. The number of thiophene rings is 1. The van der Waals surface area contributed by atoms with Crippen LogP contribution in [0.1, 0.15) is 45.4 Å². The third-order valence-corrected chi connectivity index (χ3v) is 4.89. The Kier molecular flexibility index (Phi) is 6.08. The van der Waals surface area contributed by atoms with E-state index in [4.69, 9.17) is 9.63 Å². The van der Waals surface area contributed by atoms with Gasteiger partial charge in [-0.3, -0.25) is 9.59 Å². The van der Waals surface area contributed by atoms with Crippen LogP contribution in [-0.2, 0) is 16.0 Å². The number of amides is 1. The summed E-state index contributed by atoms with van der Waals surface area (Å²) >= 11 is 1.51.